The van der Waals surface area contributed by atoms with Gasteiger partial charge < -0.3 is 10.2 Å². The van der Waals surface area contributed by atoms with E-state index in [9.17, 15) is 15.0 Å². The molecule has 2 aromatic carbocycles. The lowest BCUT2D eigenvalue weighted by atomic mass is 9.55. The molecule has 2 aromatic rings. The van der Waals surface area contributed by atoms with Crippen LogP contribution in [0.25, 0.3) is 0 Å². The normalized spacial score (nSPS) is 28.8. The topological polar surface area (TPSA) is 57.5 Å². The van der Waals surface area contributed by atoms with Crippen molar-refractivity contribution < 1.29 is 15.0 Å². The Kier molecular flexibility index (Phi) is 5.52. The molecule has 0 unspecified atom stereocenters. The van der Waals surface area contributed by atoms with E-state index < -0.39 is 11.6 Å². The van der Waals surface area contributed by atoms with Gasteiger partial charge in [-0.15, -0.1) is 0 Å². The summed E-state index contributed by atoms with van der Waals surface area (Å²) < 4.78 is 0. The Hall–Kier alpha value is -2.13. The molecule has 1 fully saturated rings. The maximum Gasteiger partial charge on any atom is 0.335 e. The minimum Gasteiger partial charge on any atom is -0.478 e. The minimum atomic E-state index is -0.855. The molecule has 3 heteroatoms. The summed E-state index contributed by atoms with van der Waals surface area (Å²) in [5.74, 6) is -0.434. The molecule has 0 amide bonds. The van der Waals surface area contributed by atoms with Crippen molar-refractivity contribution in [3.63, 3.8) is 0 Å². The fraction of sp³-hybridized carbons (Fsp3) is 0.500. The highest BCUT2D eigenvalue weighted by Gasteiger charge is 2.50. The van der Waals surface area contributed by atoms with E-state index in [1.807, 2.05) is 6.07 Å². The largest absolute Gasteiger partial charge is 0.478 e. The first-order valence-corrected chi connectivity index (χ1v) is 11.1. The zero-order chi connectivity index (χ0) is 20.5. The number of hydrogen-bond acceptors (Lipinski definition) is 2. The van der Waals surface area contributed by atoms with Gasteiger partial charge >= 0.3 is 5.97 Å². The number of carboxylic acids is 1. The van der Waals surface area contributed by atoms with Gasteiger partial charge in [-0.05, 0) is 86.1 Å². The van der Waals surface area contributed by atoms with Crippen molar-refractivity contribution in [3.05, 3.63) is 70.8 Å². The smallest absolute Gasteiger partial charge is 0.335 e. The molecular formula is C26H32O3. The highest BCUT2D eigenvalue weighted by Crippen LogP contribution is 2.54. The number of aliphatic hydroxyl groups is 1. The molecule has 0 aromatic heterocycles. The molecule has 2 aliphatic rings. The molecule has 1 saturated carbocycles. The molecule has 3 nitrogen and oxygen atoms in total. The van der Waals surface area contributed by atoms with E-state index in [1.165, 1.54) is 16.7 Å². The van der Waals surface area contributed by atoms with Crippen LogP contribution >= 0.6 is 0 Å². The third-order valence-electron chi connectivity index (χ3n) is 7.41. The molecule has 29 heavy (non-hydrogen) atoms. The van der Waals surface area contributed by atoms with Gasteiger partial charge in [-0.1, -0.05) is 49.7 Å². The van der Waals surface area contributed by atoms with Crippen LogP contribution in [0.2, 0.25) is 0 Å². The lowest BCUT2D eigenvalue weighted by Gasteiger charge is -2.50. The summed E-state index contributed by atoms with van der Waals surface area (Å²) in [6.07, 6.45) is 8.55. The zero-order valence-corrected chi connectivity index (χ0v) is 17.4. The summed E-state index contributed by atoms with van der Waals surface area (Å²) in [7, 11) is 0. The van der Waals surface area contributed by atoms with Crippen molar-refractivity contribution in [2.75, 3.05) is 0 Å². The van der Waals surface area contributed by atoms with Crippen LogP contribution < -0.4 is 0 Å². The molecule has 4 rings (SSSR count). The number of hydrogen-bond donors (Lipinski definition) is 2. The Morgan fingerprint density at radius 3 is 2.66 bits per heavy atom. The van der Waals surface area contributed by atoms with E-state index in [1.54, 1.807) is 6.07 Å². The number of fused-ring (bicyclic) bond motifs is 3. The monoisotopic (exact) mass is 392 g/mol. The van der Waals surface area contributed by atoms with Gasteiger partial charge in [0.05, 0.1) is 11.2 Å². The van der Waals surface area contributed by atoms with Gasteiger partial charge in [-0.2, -0.15) is 0 Å². The number of carboxylic acid groups (broad SMARTS) is 1. The summed E-state index contributed by atoms with van der Waals surface area (Å²) in [4.78, 5) is 11.6. The van der Waals surface area contributed by atoms with Crippen molar-refractivity contribution in [2.45, 2.75) is 75.7 Å². The van der Waals surface area contributed by atoms with Gasteiger partial charge in [-0.3, -0.25) is 0 Å². The van der Waals surface area contributed by atoms with E-state index in [0.717, 1.165) is 57.8 Å². The second-order valence-electron chi connectivity index (χ2n) is 9.26. The van der Waals surface area contributed by atoms with E-state index in [-0.39, 0.29) is 5.41 Å². The fourth-order valence-corrected chi connectivity index (χ4v) is 6.09. The Bertz CT molecular complexity index is 875. The Balaban J connectivity index is 1.81. The van der Waals surface area contributed by atoms with Crippen LogP contribution in [0.1, 0.15) is 78.9 Å². The summed E-state index contributed by atoms with van der Waals surface area (Å²) >= 11 is 0. The molecule has 2 N–H and O–H groups in total. The first-order valence-electron chi connectivity index (χ1n) is 11.1. The van der Waals surface area contributed by atoms with Crippen LogP contribution in [0.5, 0.6) is 0 Å². The fourth-order valence-electron chi connectivity index (χ4n) is 6.09. The van der Waals surface area contributed by atoms with Crippen LogP contribution in [0.15, 0.2) is 48.5 Å². The summed E-state index contributed by atoms with van der Waals surface area (Å²) in [5, 5.41) is 20.8. The summed E-state index contributed by atoms with van der Waals surface area (Å²) in [6.45, 7) is 2.15. The average molecular weight is 393 g/mol. The molecule has 0 bridgehead atoms. The van der Waals surface area contributed by atoms with Gasteiger partial charge in [0.2, 0.25) is 0 Å². The maximum atomic E-state index is 11.6. The van der Waals surface area contributed by atoms with Crippen LogP contribution in [0, 0.1) is 5.92 Å². The van der Waals surface area contributed by atoms with Gasteiger partial charge in [0.15, 0.2) is 0 Å². The van der Waals surface area contributed by atoms with Crippen molar-refractivity contribution in [1.82, 2.24) is 0 Å². The van der Waals surface area contributed by atoms with Crippen LogP contribution in [-0.4, -0.2) is 21.8 Å². The molecule has 154 valence electrons. The number of rotatable bonds is 5. The lowest BCUT2D eigenvalue weighted by molar-refractivity contribution is -0.0534. The zero-order valence-electron chi connectivity index (χ0n) is 17.4. The number of benzene rings is 2. The van der Waals surface area contributed by atoms with E-state index in [0.29, 0.717) is 11.5 Å². The van der Waals surface area contributed by atoms with Crippen LogP contribution in [-0.2, 0) is 18.3 Å². The Labute approximate surface area is 173 Å². The summed E-state index contributed by atoms with van der Waals surface area (Å²) in [6, 6.07) is 16.4. The first kappa shape index (κ1) is 20.2. The molecule has 2 aliphatic carbocycles. The molecule has 0 aliphatic heterocycles. The molecule has 0 radical (unpaired) electrons. The Morgan fingerprint density at radius 2 is 1.93 bits per heavy atom. The second kappa shape index (κ2) is 7.95. The molecular weight excluding hydrogens is 360 g/mol. The third kappa shape index (κ3) is 3.85. The third-order valence-corrected chi connectivity index (χ3v) is 7.41. The predicted octanol–water partition coefficient (Wildman–Crippen LogP) is 5.53. The minimum absolute atomic E-state index is 0.0236. The standard InChI is InChI=1S/C26H32O3/c1-2-13-25(29)14-15-26(17-19-7-4-3-5-8-19)22(18-25)10-6-9-20-16-21(24(27)28)11-12-23(20)26/h3-5,7-8,11-12,16,22,29H,2,6,9-10,13-15,17-18H2,1H3,(H,27,28)/t22-,25+,26-/m0/s1. The number of aromatic carboxylic acids is 1. The Morgan fingerprint density at radius 1 is 1.14 bits per heavy atom. The lowest BCUT2D eigenvalue weighted by Crippen LogP contribution is -2.49. The number of aryl methyl sites for hydroxylation is 1. The van der Waals surface area contributed by atoms with Gasteiger partial charge in [0, 0.05) is 5.41 Å². The van der Waals surface area contributed by atoms with Crippen molar-refractivity contribution in [1.29, 1.82) is 0 Å². The average Bonchev–Trinajstić information content (AvgIpc) is 2.85. The number of carbonyl (C=O) groups is 1. The first-order chi connectivity index (χ1) is 14.0. The van der Waals surface area contributed by atoms with E-state index in [4.69, 9.17) is 0 Å². The maximum absolute atomic E-state index is 11.6. The van der Waals surface area contributed by atoms with E-state index in [2.05, 4.69) is 43.3 Å². The van der Waals surface area contributed by atoms with Gasteiger partial charge in [0.1, 0.15) is 0 Å². The van der Waals surface area contributed by atoms with Crippen molar-refractivity contribution in [3.8, 4) is 0 Å². The molecule has 3 atom stereocenters. The summed E-state index contributed by atoms with van der Waals surface area (Å²) in [5.41, 5.74) is 3.66. The highest BCUT2D eigenvalue weighted by molar-refractivity contribution is 5.88. The van der Waals surface area contributed by atoms with E-state index >= 15 is 0 Å². The van der Waals surface area contributed by atoms with Gasteiger partial charge in [-0.25, -0.2) is 4.79 Å². The van der Waals surface area contributed by atoms with Crippen LogP contribution in [0.3, 0.4) is 0 Å². The SMILES string of the molecule is CCC[C@@]1(O)CC[C@@]2(Cc3ccccc3)c3ccc(C(=O)O)cc3CCC[C@H]2C1. The molecule has 0 saturated heterocycles. The van der Waals surface area contributed by atoms with Gasteiger partial charge in [0.25, 0.3) is 0 Å². The molecule has 0 heterocycles. The quantitative estimate of drug-likeness (QED) is 0.703. The van der Waals surface area contributed by atoms with Crippen molar-refractivity contribution >= 4 is 5.97 Å². The molecule has 0 spiro atoms. The highest BCUT2D eigenvalue weighted by atomic mass is 16.4. The second-order valence-corrected chi connectivity index (χ2v) is 9.26. The van der Waals surface area contributed by atoms with Crippen LogP contribution in [0.4, 0.5) is 0 Å². The predicted molar refractivity (Wildman–Crippen MR) is 115 cm³/mol. The van der Waals surface area contributed by atoms with Crippen molar-refractivity contribution in [2.24, 2.45) is 5.92 Å².